The van der Waals surface area contributed by atoms with Gasteiger partial charge in [0.15, 0.2) is 5.69 Å². The largest absolute Gasteiger partial charge is 0.481 e. The van der Waals surface area contributed by atoms with Crippen molar-refractivity contribution in [1.29, 1.82) is 0 Å². The number of rotatable bonds is 9. The molecular weight excluding hydrogens is 513 g/mol. The number of amides is 2. The summed E-state index contributed by atoms with van der Waals surface area (Å²) in [7, 11) is 0. The predicted molar refractivity (Wildman–Crippen MR) is 138 cm³/mol. The summed E-state index contributed by atoms with van der Waals surface area (Å²) in [5.74, 6) is -1.56. The first-order valence-electron chi connectivity index (χ1n) is 12.7. The molecule has 11 heteroatoms. The van der Waals surface area contributed by atoms with E-state index in [1.165, 1.54) is 0 Å². The number of hydrogen-bond acceptors (Lipinski definition) is 4. The number of carbonyl (C=O) groups excluding carboxylic acids is 2. The van der Waals surface area contributed by atoms with E-state index >= 15 is 0 Å². The first-order valence-corrected chi connectivity index (χ1v) is 12.7. The molecule has 4 rings (SSSR count). The highest BCUT2D eigenvalue weighted by Crippen LogP contribution is 2.37. The summed E-state index contributed by atoms with van der Waals surface area (Å²) in [4.78, 5) is 35.8. The fourth-order valence-corrected chi connectivity index (χ4v) is 4.86. The number of nitrogens with zero attached hydrogens (tertiary/aromatic N) is 2. The molecule has 1 heterocycles. The first-order chi connectivity index (χ1) is 18.6. The zero-order valence-corrected chi connectivity index (χ0v) is 21.1. The van der Waals surface area contributed by atoms with Gasteiger partial charge < -0.3 is 15.7 Å². The number of hydrogen-bond donors (Lipinski definition) is 3. The summed E-state index contributed by atoms with van der Waals surface area (Å²) in [6, 6.07) is 15.6. The van der Waals surface area contributed by atoms with Gasteiger partial charge in [0.2, 0.25) is 5.91 Å². The van der Waals surface area contributed by atoms with Gasteiger partial charge in [0.05, 0.1) is 11.3 Å². The number of alkyl halides is 3. The minimum absolute atomic E-state index is 0.130. The SMILES string of the molecule is O=C(O)CC1CCC(c2ccc(NC(=O)CCNC(=O)c3cn(-c4ccccc4)nc3C(F)(F)F)cc2)CC1. The van der Waals surface area contributed by atoms with Gasteiger partial charge in [0.1, 0.15) is 0 Å². The molecule has 0 spiro atoms. The van der Waals surface area contributed by atoms with Crippen LogP contribution >= 0.6 is 0 Å². The lowest BCUT2D eigenvalue weighted by Crippen LogP contribution is -2.29. The van der Waals surface area contributed by atoms with Gasteiger partial charge in [-0.25, -0.2) is 4.68 Å². The smallest absolute Gasteiger partial charge is 0.435 e. The standard InChI is InChI=1S/C28H29F3N4O4/c29-28(30,31)26-23(17-35(34-26)22-4-2-1-3-5-22)27(39)32-15-14-24(36)33-21-12-10-20(11-13-21)19-8-6-18(7-9-19)16-25(37)38/h1-5,10-13,17-19H,6-9,14-16H2,(H,32,39)(H,33,36)(H,37,38). The zero-order chi connectivity index (χ0) is 28.0. The highest BCUT2D eigenvalue weighted by molar-refractivity contribution is 5.96. The lowest BCUT2D eigenvalue weighted by Gasteiger charge is -2.28. The molecule has 1 aliphatic rings. The van der Waals surface area contributed by atoms with Crippen molar-refractivity contribution in [3.05, 3.63) is 77.6 Å². The van der Waals surface area contributed by atoms with Gasteiger partial charge in [-0.1, -0.05) is 30.3 Å². The molecule has 8 nitrogen and oxygen atoms in total. The Morgan fingerprint density at radius 3 is 2.26 bits per heavy atom. The van der Waals surface area contributed by atoms with Crippen LogP contribution in [0.15, 0.2) is 60.8 Å². The fraction of sp³-hybridized carbons (Fsp3) is 0.357. The number of benzene rings is 2. The van der Waals surface area contributed by atoms with Crippen molar-refractivity contribution < 1.29 is 32.7 Å². The van der Waals surface area contributed by atoms with Gasteiger partial charge in [-0.2, -0.15) is 18.3 Å². The molecule has 1 saturated carbocycles. The molecule has 0 unspecified atom stereocenters. The van der Waals surface area contributed by atoms with Crippen LogP contribution in [0, 0.1) is 5.92 Å². The Labute approximate surface area is 223 Å². The van der Waals surface area contributed by atoms with Crippen molar-refractivity contribution in [3.8, 4) is 5.69 Å². The average Bonchev–Trinajstić information content (AvgIpc) is 3.37. The third-order valence-electron chi connectivity index (χ3n) is 6.86. The number of nitrogens with one attached hydrogen (secondary N) is 2. The third-order valence-corrected chi connectivity index (χ3v) is 6.86. The van der Waals surface area contributed by atoms with Gasteiger partial charge >= 0.3 is 12.1 Å². The normalized spacial score (nSPS) is 17.4. The molecule has 0 atom stereocenters. The molecule has 206 valence electrons. The molecule has 1 aromatic heterocycles. The number of carboxylic acid groups (broad SMARTS) is 1. The molecule has 2 amide bonds. The lowest BCUT2D eigenvalue weighted by atomic mass is 9.77. The molecule has 0 aliphatic heterocycles. The van der Waals surface area contributed by atoms with E-state index in [1.807, 2.05) is 12.1 Å². The highest BCUT2D eigenvalue weighted by Gasteiger charge is 2.39. The van der Waals surface area contributed by atoms with Gasteiger partial charge in [-0.3, -0.25) is 14.4 Å². The van der Waals surface area contributed by atoms with Crippen LogP contribution in [0.3, 0.4) is 0 Å². The second-order valence-corrected chi connectivity index (χ2v) is 9.66. The molecule has 3 aromatic rings. The Hall–Kier alpha value is -4.15. The second kappa shape index (κ2) is 12.1. The summed E-state index contributed by atoms with van der Waals surface area (Å²) in [5.41, 5.74) is 0.144. The molecule has 3 N–H and O–H groups in total. The molecule has 1 aliphatic carbocycles. The first kappa shape index (κ1) is 27.9. The third kappa shape index (κ3) is 7.46. The summed E-state index contributed by atoms with van der Waals surface area (Å²) in [6.07, 6.45) is -0.138. The predicted octanol–water partition coefficient (Wildman–Crippen LogP) is 5.40. The van der Waals surface area contributed by atoms with Gasteiger partial charge in [0, 0.05) is 31.3 Å². The van der Waals surface area contributed by atoms with Crippen LogP contribution in [0.1, 0.15) is 66.1 Å². The number of halogens is 3. The van der Waals surface area contributed by atoms with E-state index in [0.717, 1.165) is 42.1 Å². The zero-order valence-electron chi connectivity index (χ0n) is 21.1. The quantitative estimate of drug-likeness (QED) is 0.335. The van der Waals surface area contributed by atoms with Crippen LogP contribution in [0.25, 0.3) is 5.69 Å². The van der Waals surface area contributed by atoms with Crippen LogP contribution in [-0.2, 0) is 15.8 Å². The summed E-state index contributed by atoms with van der Waals surface area (Å²) in [5, 5.41) is 17.6. The summed E-state index contributed by atoms with van der Waals surface area (Å²) >= 11 is 0. The van der Waals surface area contributed by atoms with E-state index in [-0.39, 0.29) is 25.3 Å². The number of carboxylic acids is 1. The van der Waals surface area contributed by atoms with Crippen LogP contribution in [-0.4, -0.2) is 39.2 Å². The molecule has 39 heavy (non-hydrogen) atoms. The van der Waals surface area contributed by atoms with Crippen molar-refractivity contribution in [2.75, 3.05) is 11.9 Å². The molecule has 1 fully saturated rings. The van der Waals surface area contributed by atoms with Crippen molar-refractivity contribution in [2.24, 2.45) is 5.92 Å². The molecule has 2 aromatic carbocycles. The molecule has 0 bridgehead atoms. The summed E-state index contributed by atoms with van der Waals surface area (Å²) in [6.45, 7) is -0.157. The van der Waals surface area contributed by atoms with Crippen LogP contribution < -0.4 is 10.6 Å². The average molecular weight is 543 g/mol. The number of para-hydroxylation sites is 1. The van der Waals surface area contributed by atoms with Crippen molar-refractivity contribution in [3.63, 3.8) is 0 Å². The topological polar surface area (TPSA) is 113 Å². The number of anilines is 1. The minimum atomic E-state index is -4.83. The van der Waals surface area contributed by atoms with Crippen molar-refractivity contribution >= 4 is 23.5 Å². The Balaban J connectivity index is 1.27. The van der Waals surface area contributed by atoms with Crippen LogP contribution in [0.5, 0.6) is 0 Å². The minimum Gasteiger partial charge on any atom is -0.481 e. The maximum absolute atomic E-state index is 13.5. The second-order valence-electron chi connectivity index (χ2n) is 9.66. The monoisotopic (exact) mass is 542 g/mol. The van der Waals surface area contributed by atoms with Crippen molar-refractivity contribution in [1.82, 2.24) is 15.1 Å². The van der Waals surface area contributed by atoms with Crippen LogP contribution in [0.4, 0.5) is 18.9 Å². The number of carbonyl (C=O) groups is 3. The molecule has 0 saturated heterocycles. The maximum Gasteiger partial charge on any atom is 0.435 e. The molecular formula is C28H29F3N4O4. The van der Waals surface area contributed by atoms with Gasteiger partial charge in [0.25, 0.3) is 5.91 Å². The maximum atomic E-state index is 13.5. The molecule has 0 radical (unpaired) electrons. The van der Waals surface area contributed by atoms with Crippen LogP contribution in [0.2, 0.25) is 0 Å². The van der Waals surface area contributed by atoms with E-state index in [1.54, 1.807) is 42.5 Å². The van der Waals surface area contributed by atoms with E-state index in [9.17, 15) is 27.6 Å². The Bertz CT molecular complexity index is 1300. The van der Waals surface area contributed by atoms with E-state index in [4.69, 9.17) is 5.11 Å². The number of aromatic nitrogens is 2. The van der Waals surface area contributed by atoms with Gasteiger partial charge in [-0.15, -0.1) is 0 Å². The Morgan fingerprint density at radius 1 is 0.974 bits per heavy atom. The lowest BCUT2D eigenvalue weighted by molar-refractivity contribution is -0.141. The van der Waals surface area contributed by atoms with E-state index in [0.29, 0.717) is 17.3 Å². The Kier molecular flexibility index (Phi) is 8.68. The van der Waals surface area contributed by atoms with Crippen molar-refractivity contribution in [2.45, 2.75) is 50.6 Å². The van der Waals surface area contributed by atoms with E-state index in [2.05, 4.69) is 15.7 Å². The highest BCUT2D eigenvalue weighted by atomic mass is 19.4. The summed E-state index contributed by atoms with van der Waals surface area (Å²) < 4.78 is 41.5. The fourth-order valence-electron chi connectivity index (χ4n) is 4.86. The Morgan fingerprint density at radius 2 is 1.64 bits per heavy atom. The number of aliphatic carboxylic acids is 1. The van der Waals surface area contributed by atoms with Gasteiger partial charge in [-0.05, 0) is 67.3 Å². The van der Waals surface area contributed by atoms with E-state index < -0.39 is 35.2 Å².